The lowest BCUT2D eigenvalue weighted by molar-refractivity contribution is 0.670. The molecule has 80 heavy (non-hydrogen) atoms. The minimum absolute atomic E-state index is 0.542. The fourth-order valence-electron chi connectivity index (χ4n) is 12.8. The summed E-state index contributed by atoms with van der Waals surface area (Å²) in [5, 5.41) is 11.2. The summed E-state index contributed by atoms with van der Waals surface area (Å²) >= 11 is 0. The number of aromatic nitrogens is 6. The van der Waals surface area contributed by atoms with Gasteiger partial charge in [0.15, 0.2) is 17.5 Å². The highest BCUT2D eigenvalue weighted by Crippen LogP contribution is 2.45. The molecular weight excluding hydrogens is 977 g/mol. The third-order valence-corrected chi connectivity index (χ3v) is 16.3. The van der Waals surface area contributed by atoms with Gasteiger partial charge in [0.1, 0.15) is 11.2 Å². The molecule has 17 aromatic rings. The largest absolute Gasteiger partial charge is 0.455 e. The van der Waals surface area contributed by atoms with Crippen LogP contribution in [-0.4, -0.2) is 28.7 Å². The molecule has 7 heteroatoms. The van der Waals surface area contributed by atoms with Gasteiger partial charge in [-0.15, -0.1) is 0 Å². The van der Waals surface area contributed by atoms with E-state index >= 15 is 0 Å². The Morgan fingerprint density at radius 2 is 0.700 bits per heavy atom. The summed E-state index contributed by atoms with van der Waals surface area (Å²) in [6, 6.07) is 95.0. The summed E-state index contributed by atoms with van der Waals surface area (Å²) in [7, 11) is 0. The molecule has 17 rings (SSSR count). The fourth-order valence-corrected chi connectivity index (χ4v) is 12.8. The van der Waals surface area contributed by atoms with E-state index in [2.05, 4.69) is 268 Å². The van der Waals surface area contributed by atoms with Gasteiger partial charge in [-0.1, -0.05) is 176 Å². The molecule has 0 saturated heterocycles. The van der Waals surface area contributed by atoms with Crippen molar-refractivity contribution in [3.8, 4) is 62.4 Å². The Morgan fingerprint density at radius 1 is 0.250 bits per heavy atom. The van der Waals surface area contributed by atoms with Crippen molar-refractivity contribution in [2.45, 2.75) is 0 Å². The topological polar surface area (TPSA) is 66.6 Å². The summed E-state index contributed by atoms with van der Waals surface area (Å²) in [6.45, 7) is 0. The zero-order chi connectivity index (χ0) is 52.4. The average Bonchev–Trinajstić information content (AvgIpc) is 4.46. The Bertz CT molecular complexity index is 5200. The highest BCUT2D eigenvalue weighted by Gasteiger charge is 2.25. The van der Waals surface area contributed by atoms with Crippen LogP contribution in [-0.2, 0) is 0 Å². The maximum atomic E-state index is 6.93. The van der Waals surface area contributed by atoms with Crippen LogP contribution >= 0.6 is 0 Å². The van der Waals surface area contributed by atoms with Gasteiger partial charge in [0.2, 0.25) is 0 Å². The number of hydrogen-bond acceptors (Lipinski definition) is 4. The summed E-state index contributed by atoms with van der Waals surface area (Å²) in [4.78, 5) is 17.0. The van der Waals surface area contributed by atoms with E-state index in [9.17, 15) is 0 Å². The predicted molar refractivity (Wildman–Crippen MR) is 329 cm³/mol. The Hall–Kier alpha value is -10.9. The van der Waals surface area contributed by atoms with E-state index in [1.54, 1.807) is 0 Å². The van der Waals surface area contributed by atoms with Crippen LogP contribution in [0.5, 0.6) is 0 Å². The number of furan rings is 1. The second kappa shape index (κ2) is 17.3. The first-order valence-corrected chi connectivity index (χ1v) is 27.1. The first-order valence-electron chi connectivity index (χ1n) is 27.1. The number of hydrogen-bond donors (Lipinski definition) is 0. The predicted octanol–water partition coefficient (Wildman–Crippen LogP) is 18.9. The van der Waals surface area contributed by atoms with Gasteiger partial charge in [-0.25, -0.2) is 15.0 Å². The Balaban J connectivity index is 0.986. The normalized spacial score (nSPS) is 12.0. The molecule has 0 N–H and O–H groups in total. The maximum absolute atomic E-state index is 6.93. The second-order valence-electron chi connectivity index (χ2n) is 20.7. The smallest absolute Gasteiger partial charge is 0.164 e. The zero-order valence-corrected chi connectivity index (χ0v) is 43.0. The van der Waals surface area contributed by atoms with Crippen LogP contribution in [0.4, 0.5) is 0 Å². The first kappa shape index (κ1) is 44.3. The number of para-hydroxylation sites is 7. The summed E-state index contributed by atoms with van der Waals surface area (Å²) in [6.07, 6.45) is 0. The van der Waals surface area contributed by atoms with E-state index in [0.717, 1.165) is 121 Å². The monoisotopic (exact) mass is 1020 g/mol. The second-order valence-corrected chi connectivity index (χ2v) is 20.7. The lowest BCUT2D eigenvalue weighted by atomic mass is 9.96. The Kier molecular flexibility index (Phi) is 9.58. The number of fused-ring (bicyclic) bond motifs is 13. The fraction of sp³-hybridized carbons (Fsp3) is 0. The SMILES string of the molecule is c1ccc(-n2c3ccccc3c3c(-c4nc(-c5ccc(-n6c7ccccc7c7cc8ccccc8cc76)cc5-c5cccc6c5oc5ccccc56)nc(-c5cccc6c5c5ccccc5n6-c5ccccc5)n4)cccc32)cc1. The molecular formula is C73H44N6O. The molecule has 0 aliphatic rings. The summed E-state index contributed by atoms with van der Waals surface area (Å²) in [5.41, 5.74) is 15.9. The van der Waals surface area contributed by atoms with Crippen molar-refractivity contribution < 1.29 is 4.42 Å². The highest BCUT2D eigenvalue weighted by molar-refractivity contribution is 6.18. The van der Waals surface area contributed by atoms with Gasteiger partial charge in [-0.2, -0.15) is 0 Å². The quantitative estimate of drug-likeness (QED) is 0.160. The Labute approximate surface area is 458 Å². The van der Waals surface area contributed by atoms with E-state index in [-0.39, 0.29) is 0 Å². The van der Waals surface area contributed by atoms with Crippen molar-refractivity contribution in [1.82, 2.24) is 28.7 Å². The molecule has 0 atom stereocenters. The van der Waals surface area contributed by atoms with Gasteiger partial charge in [0.05, 0.1) is 33.1 Å². The van der Waals surface area contributed by atoms with Gasteiger partial charge >= 0.3 is 0 Å². The molecule has 372 valence electrons. The van der Waals surface area contributed by atoms with Crippen LogP contribution < -0.4 is 0 Å². The maximum Gasteiger partial charge on any atom is 0.164 e. The molecule has 5 aromatic heterocycles. The van der Waals surface area contributed by atoms with E-state index in [0.29, 0.717) is 17.5 Å². The van der Waals surface area contributed by atoms with Crippen LogP contribution in [0, 0.1) is 0 Å². The molecule has 0 aliphatic carbocycles. The molecule has 0 saturated carbocycles. The van der Waals surface area contributed by atoms with Crippen molar-refractivity contribution in [3.63, 3.8) is 0 Å². The lowest BCUT2D eigenvalue weighted by Gasteiger charge is -2.16. The van der Waals surface area contributed by atoms with Crippen molar-refractivity contribution in [2.75, 3.05) is 0 Å². The minimum Gasteiger partial charge on any atom is -0.455 e. The van der Waals surface area contributed by atoms with Gasteiger partial charge < -0.3 is 18.1 Å². The third-order valence-electron chi connectivity index (χ3n) is 16.3. The van der Waals surface area contributed by atoms with E-state index in [1.165, 1.54) is 21.5 Å². The third kappa shape index (κ3) is 6.58. The van der Waals surface area contributed by atoms with Gasteiger partial charge in [-0.05, 0) is 107 Å². The molecule has 0 bridgehead atoms. The molecule has 0 aliphatic heterocycles. The first-order chi connectivity index (χ1) is 39.7. The van der Waals surface area contributed by atoms with Crippen LogP contribution in [0.2, 0.25) is 0 Å². The number of benzene rings is 12. The van der Waals surface area contributed by atoms with E-state index in [1.807, 2.05) is 12.1 Å². The van der Waals surface area contributed by atoms with Crippen molar-refractivity contribution in [3.05, 3.63) is 267 Å². The number of rotatable bonds is 7. The Morgan fingerprint density at radius 3 is 1.32 bits per heavy atom. The molecule has 12 aromatic carbocycles. The summed E-state index contributed by atoms with van der Waals surface area (Å²) < 4.78 is 14.0. The van der Waals surface area contributed by atoms with Crippen molar-refractivity contribution in [2.24, 2.45) is 0 Å². The van der Waals surface area contributed by atoms with Gasteiger partial charge in [0, 0.05) is 82.4 Å². The van der Waals surface area contributed by atoms with Crippen LogP contribution in [0.1, 0.15) is 0 Å². The van der Waals surface area contributed by atoms with Gasteiger partial charge in [-0.3, -0.25) is 0 Å². The molecule has 0 radical (unpaired) electrons. The van der Waals surface area contributed by atoms with Crippen LogP contribution in [0.25, 0.3) is 160 Å². The van der Waals surface area contributed by atoms with E-state index in [4.69, 9.17) is 19.4 Å². The van der Waals surface area contributed by atoms with E-state index < -0.39 is 0 Å². The summed E-state index contributed by atoms with van der Waals surface area (Å²) in [5.74, 6) is 1.68. The molecule has 5 heterocycles. The minimum atomic E-state index is 0.542. The molecule has 0 amide bonds. The number of nitrogens with zero attached hydrogens (tertiary/aromatic N) is 6. The molecule has 0 spiro atoms. The molecule has 0 fully saturated rings. The van der Waals surface area contributed by atoms with Crippen LogP contribution in [0.3, 0.4) is 0 Å². The molecule has 0 unspecified atom stereocenters. The average molecular weight is 1020 g/mol. The van der Waals surface area contributed by atoms with Crippen LogP contribution in [0.15, 0.2) is 271 Å². The van der Waals surface area contributed by atoms with Gasteiger partial charge in [0.25, 0.3) is 0 Å². The highest BCUT2D eigenvalue weighted by atomic mass is 16.3. The standard InChI is InChI=1S/C73H44N6O/c1-3-22-47(23-4-1)77-62-35-14-10-28-55(62)68-57(32-18-37-64(68)77)72-74-71(75-73(76-72)58-33-19-38-65-69(58)56-29-11-15-36-63(56)78(65)48-24-5-2-6-25-48)54-41-40-49(44-59(54)53-31-17-30-52-51-27-12-16-39-67(51)80-70(52)53)79-61-34-13-9-26-50(61)60-42-45-20-7-8-21-46(45)43-66(60)79/h1-44H. The lowest BCUT2D eigenvalue weighted by Crippen LogP contribution is -2.03. The van der Waals surface area contributed by atoms with Crippen molar-refractivity contribution in [1.29, 1.82) is 0 Å². The zero-order valence-electron chi connectivity index (χ0n) is 43.0. The molecule has 7 nitrogen and oxygen atoms in total. The van der Waals surface area contributed by atoms with Crippen molar-refractivity contribution >= 4 is 98.1 Å².